The molecule has 2 heterocycles. The summed E-state index contributed by atoms with van der Waals surface area (Å²) in [5.41, 5.74) is 3.11. The van der Waals surface area contributed by atoms with Crippen molar-refractivity contribution < 1.29 is 9.90 Å². The average Bonchev–Trinajstić information content (AvgIpc) is 2.61. The van der Waals surface area contributed by atoms with Gasteiger partial charge in [0, 0.05) is 36.8 Å². The third-order valence-corrected chi connectivity index (χ3v) is 5.20. The number of aryl methyl sites for hydroxylation is 2. The van der Waals surface area contributed by atoms with E-state index < -0.39 is 6.10 Å². The molecule has 0 radical (unpaired) electrons. The Hall–Kier alpha value is -2.47. The third kappa shape index (κ3) is 4.02. The number of piperidine rings is 1. The Morgan fingerprint density at radius 3 is 2.69 bits per heavy atom. The number of aromatic amines is 1. The number of β-amino-alcohol motifs (C(OH)–C–C–N with tert-alkyl or cyclic N) is 1. The molecule has 1 aromatic heterocycles. The van der Waals surface area contributed by atoms with E-state index >= 15 is 0 Å². The zero-order chi connectivity index (χ0) is 18.7. The second kappa shape index (κ2) is 7.83. The number of amides is 1. The molecule has 3 rings (SSSR count). The molecule has 1 fully saturated rings. The normalized spacial score (nSPS) is 20.2. The molecule has 1 amide bonds. The zero-order valence-electron chi connectivity index (χ0n) is 15.2. The van der Waals surface area contributed by atoms with E-state index in [1.807, 2.05) is 37.3 Å². The molecule has 0 saturated carbocycles. The van der Waals surface area contributed by atoms with Crippen molar-refractivity contribution in [2.45, 2.75) is 45.1 Å². The van der Waals surface area contributed by atoms with Crippen LogP contribution in [0.15, 0.2) is 35.1 Å². The van der Waals surface area contributed by atoms with Crippen molar-refractivity contribution >= 4 is 5.91 Å². The number of hydrogen-bond donors (Lipinski definition) is 2. The van der Waals surface area contributed by atoms with E-state index in [1.54, 1.807) is 11.8 Å². The van der Waals surface area contributed by atoms with Crippen LogP contribution >= 0.6 is 0 Å². The Kier molecular flexibility index (Phi) is 5.52. The molecule has 2 N–H and O–H groups in total. The molecule has 6 heteroatoms. The van der Waals surface area contributed by atoms with Crippen LogP contribution in [0.3, 0.4) is 0 Å². The van der Waals surface area contributed by atoms with Crippen LogP contribution in [0.4, 0.5) is 0 Å². The molecule has 0 spiro atoms. The number of nitrogens with zero attached hydrogens (tertiary/aromatic N) is 2. The van der Waals surface area contributed by atoms with Crippen molar-refractivity contribution in [3.63, 3.8) is 0 Å². The summed E-state index contributed by atoms with van der Waals surface area (Å²) in [6.45, 7) is 4.62. The van der Waals surface area contributed by atoms with Gasteiger partial charge in [-0.15, -0.1) is 0 Å². The van der Waals surface area contributed by atoms with Gasteiger partial charge in [0.15, 0.2) is 0 Å². The van der Waals surface area contributed by atoms with Gasteiger partial charge in [-0.1, -0.05) is 30.3 Å². The molecule has 0 bridgehead atoms. The van der Waals surface area contributed by atoms with Crippen LogP contribution in [-0.4, -0.2) is 45.1 Å². The van der Waals surface area contributed by atoms with Crippen molar-refractivity contribution in [2.75, 3.05) is 13.1 Å². The highest BCUT2D eigenvalue weighted by Gasteiger charge is 2.30. The smallest absolute Gasteiger partial charge is 0.345 e. The number of hydrogen-bond acceptors (Lipinski definition) is 4. The highest BCUT2D eigenvalue weighted by Crippen LogP contribution is 2.28. The maximum absolute atomic E-state index is 12.6. The van der Waals surface area contributed by atoms with Crippen LogP contribution in [0.1, 0.15) is 41.3 Å². The number of carbonyl (C=O) groups excluding carboxylic acids is 1. The molecule has 26 heavy (non-hydrogen) atoms. The lowest BCUT2D eigenvalue weighted by Gasteiger charge is -2.36. The van der Waals surface area contributed by atoms with Crippen LogP contribution in [0.5, 0.6) is 0 Å². The van der Waals surface area contributed by atoms with Crippen LogP contribution < -0.4 is 5.69 Å². The first-order valence-electron chi connectivity index (χ1n) is 9.03. The summed E-state index contributed by atoms with van der Waals surface area (Å²) in [4.78, 5) is 32.3. The van der Waals surface area contributed by atoms with Crippen LogP contribution in [0.25, 0.3) is 0 Å². The van der Waals surface area contributed by atoms with Gasteiger partial charge in [0.1, 0.15) is 0 Å². The first-order valence-corrected chi connectivity index (χ1v) is 9.03. The molecule has 1 aliphatic rings. The Balaban J connectivity index is 1.59. The molecule has 1 aliphatic heterocycles. The fourth-order valence-corrected chi connectivity index (χ4v) is 3.76. The molecule has 0 aliphatic carbocycles. The Morgan fingerprint density at radius 1 is 1.31 bits per heavy atom. The van der Waals surface area contributed by atoms with Gasteiger partial charge in [0.05, 0.1) is 6.10 Å². The monoisotopic (exact) mass is 355 g/mol. The van der Waals surface area contributed by atoms with Crippen molar-refractivity contribution in [1.82, 2.24) is 14.9 Å². The Bertz CT molecular complexity index is 806. The van der Waals surface area contributed by atoms with E-state index in [4.69, 9.17) is 0 Å². The van der Waals surface area contributed by atoms with E-state index in [9.17, 15) is 14.7 Å². The molecular formula is C20H25N3O3. The minimum Gasteiger partial charge on any atom is -0.391 e. The molecule has 6 nitrogen and oxygen atoms in total. The number of aliphatic hydroxyl groups excluding tert-OH is 1. The Morgan fingerprint density at radius 2 is 2.04 bits per heavy atom. The standard InChI is InChI=1S/C20H25N3O3/c1-13-16(14(2)22-20(26)21-13)8-9-19(25)23-11-10-17(18(24)12-23)15-6-4-3-5-7-15/h3-7,17-18,24H,8-12H2,1-2H3,(H,21,22,26)/t17-,18+/m0/s1. The summed E-state index contributed by atoms with van der Waals surface area (Å²) in [7, 11) is 0. The van der Waals surface area contributed by atoms with E-state index in [0.717, 1.165) is 23.2 Å². The average molecular weight is 355 g/mol. The van der Waals surface area contributed by atoms with E-state index in [0.29, 0.717) is 31.6 Å². The quantitative estimate of drug-likeness (QED) is 0.874. The lowest BCUT2D eigenvalue weighted by Crippen LogP contribution is -2.45. The number of benzene rings is 1. The maximum Gasteiger partial charge on any atom is 0.345 e. The predicted octanol–water partition coefficient (Wildman–Crippen LogP) is 1.70. The molecule has 138 valence electrons. The Labute approximate surface area is 152 Å². The number of carbonyl (C=O) groups is 1. The van der Waals surface area contributed by atoms with E-state index in [2.05, 4.69) is 9.97 Å². The van der Waals surface area contributed by atoms with Crippen molar-refractivity contribution in [3.8, 4) is 0 Å². The van der Waals surface area contributed by atoms with E-state index in [1.165, 1.54) is 0 Å². The summed E-state index contributed by atoms with van der Waals surface area (Å²) < 4.78 is 0. The summed E-state index contributed by atoms with van der Waals surface area (Å²) in [5, 5.41) is 10.5. The van der Waals surface area contributed by atoms with Gasteiger partial charge >= 0.3 is 5.69 Å². The van der Waals surface area contributed by atoms with Gasteiger partial charge < -0.3 is 15.0 Å². The van der Waals surface area contributed by atoms with Crippen LogP contribution in [0.2, 0.25) is 0 Å². The summed E-state index contributed by atoms with van der Waals surface area (Å²) in [5.74, 6) is 0.105. The molecule has 1 saturated heterocycles. The molecule has 2 atom stereocenters. The lowest BCUT2D eigenvalue weighted by atomic mass is 9.87. The summed E-state index contributed by atoms with van der Waals surface area (Å²) in [6, 6.07) is 9.97. The molecule has 2 aromatic rings. The number of aromatic nitrogens is 2. The van der Waals surface area contributed by atoms with Gasteiger partial charge in [0.25, 0.3) is 0 Å². The van der Waals surface area contributed by atoms with Gasteiger partial charge in [-0.05, 0) is 37.8 Å². The molecule has 0 unspecified atom stereocenters. The molecular weight excluding hydrogens is 330 g/mol. The highest BCUT2D eigenvalue weighted by molar-refractivity contribution is 5.76. The minimum atomic E-state index is -0.548. The first kappa shape index (κ1) is 18.3. The number of nitrogens with one attached hydrogen (secondary N) is 1. The van der Waals surface area contributed by atoms with Crippen molar-refractivity contribution in [3.05, 3.63) is 63.3 Å². The largest absolute Gasteiger partial charge is 0.391 e. The van der Waals surface area contributed by atoms with Gasteiger partial charge in [-0.2, -0.15) is 4.98 Å². The van der Waals surface area contributed by atoms with Gasteiger partial charge in [-0.25, -0.2) is 4.79 Å². The summed E-state index contributed by atoms with van der Waals surface area (Å²) >= 11 is 0. The number of aliphatic hydroxyl groups is 1. The second-order valence-electron chi connectivity index (χ2n) is 6.94. The van der Waals surface area contributed by atoms with Crippen LogP contribution in [-0.2, 0) is 11.2 Å². The summed E-state index contributed by atoms with van der Waals surface area (Å²) in [6.07, 6.45) is 1.09. The fourth-order valence-electron chi connectivity index (χ4n) is 3.76. The van der Waals surface area contributed by atoms with Crippen LogP contribution in [0, 0.1) is 13.8 Å². The number of rotatable bonds is 4. The topological polar surface area (TPSA) is 86.3 Å². The highest BCUT2D eigenvalue weighted by atomic mass is 16.3. The minimum absolute atomic E-state index is 0.0283. The second-order valence-corrected chi connectivity index (χ2v) is 6.94. The predicted molar refractivity (Wildman–Crippen MR) is 99.0 cm³/mol. The third-order valence-electron chi connectivity index (χ3n) is 5.20. The maximum atomic E-state index is 12.6. The van der Waals surface area contributed by atoms with E-state index in [-0.39, 0.29) is 17.5 Å². The SMILES string of the molecule is Cc1nc(=O)[nH]c(C)c1CCC(=O)N1CC[C@@H](c2ccccc2)[C@H](O)C1. The van der Waals surface area contributed by atoms with Gasteiger partial charge in [0.2, 0.25) is 5.91 Å². The van der Waals surface area contributed by atoms with Crippen molar-refractivity contribution in [2.24, 2.45) is 0 Å². The number of likely N-dealkylation sites (tertiary alicyclic amines) is 1. The number of H-pyrrole nitrogens is 1. The zero-order valence-corrected chi connectivity index (χ0v) is 15.2. The van der Waals surface area contributed by atoms with Crippen molar-refractivity contribution in [1.29, 1.82) is 0 Å². The lowest BCUT2D eigenvalue weighted by molar-refractivity contribution is -0.134. The van der Waals surface area contributed by atoms with Gasteiger partial charge in [-0.3, -0.25) is 4.79 Å². The molecule has 1 aromatic carbocycles. The fraction of sp³-hybridized carbons (Fsp3) is 0.450. The first-order chi connectivity index (χ1) is 12.5.